The van der Waals surface area contributed by atoms with Gasteiger partial charge in [-0.3, -0.25) is 9.59 Å². The van der Waals surface area contributed by atoms with Crippen molar-refractivity contribution in [2.24, 2.45) is 0 Å². The number of carbonyl (C=O) groups excluding carboxylic acids is 2. The summed E-state index contributed by atoms with van der Waals surface area (Å²) >= 11 is 5.93. The summed E-state index contributed by atoms with van der Waals surface area (Å²) in [6, 6.07) is 25.5. The molecule has 0 aliphatic heterocycles. The van der Waals surface area contributed by atoms with Crippen LogP contribution in [0.2, 0.25) is 5.02 Å². The Bertz CT molecular complexity index is 905. The van der Waals surface area contributed by atoms with Gasteiger partial charge in [0, 0.05) is 10.7 Å². The van der Waals surface area contributed by atoms with Crippen molar-refractivity contribution < 1.29 is 14.3 Å². The second-order valence-corrected chi connectivity index (χ2v) is 6.77. The maximum Gasteiger partial charge on any atom is 0.318 e. The zero-order chi connectivity index (χ0) is 19.9. The average molecular weight is 394 g/mol. The molecule has 28 heavy (non-hydrogen) atoms. The van der Waals surface area contributed by atoms with Crippen molar-refractivity contribution in [3.63, 3.8) is 0 Å². The van der Waals surface area contributed by atoms with Gasteiger partial charge in [0.1, 0.15) is 5.92 Å². The Hall–Kier alpha value is -3.11. The lowest BCUT2D eigenvalue weighted by molar-refractivity contribution is -0.153. The molecule has 0 spiro atoms. The van der Waals surface area contributed by atoms with Crippen LogP contribution in [0, 0.1) is 0 Å². The van der Waals surface area contributed by atoms with Crippen LogP contribution in [-0.2, 0) is 14.3 Å². The number of ether oxygens (including phenoxy) is 1. The summed E-state index contributed by atoms with van der Waals surface area (Å²) in [7, 11) is 0. The molecular formula is C23H20ClNO3. The topological polar surface area (TPSA) is 55.4 Å². The van der Waals surface area contributed by atoms with Gasteiger partial charge >= 0.3 is 5.97 Å². The number of nitrogens with one attached hydrogen (secondary N) is 1. The first-order valence-electron chi connectivity index (χ1n) is 8.91. The van der Waals surface area contributed by atoms with Gasteiger partial charge in [0.15, 0.2) is 6.10 Å². The van der Waals surface area contributed by atoms with E-state index in [1.54, 1.807) is 31.2 Å². The molecular weight excluding hydrogens is 374 g/mol. The number of benzene rings is 3. The van der Waals surface area contributed by atoms with E-state index < -0.39 is 23.9 Å². The molecule has 0 aliphatic rings. The maximum absolute atomic E-state index is 12.9. The fourth-order valence-electron chi connectivity index (χ4n) is 2.86. The van der Waals surface area contributed by atoms with Crippen LogP contribution < -0.4 is 5.32 Å². The lowest BCUT2D eigenvalue weighted by atomic mass is 9.91. The molecule has 0 bridgehead atoms. The van der Waals surface area contributed by atoms with Crippen LogP contribution in [0.4, 0.5) is 5.69 Å². The molecule has 3 aromatic carbocycles. The fraction of sp³-hybridized carbons (Fsp3) is 0.130. The van der Waals surface area contributed by atoms with E-state index in [2.05, 4.69) is 5.32 Å². The van der Waals surface area contributed by atoms with Gasteiger partial charge < -0.3 is 10.1 Å². The van der Waals surface area contributed by atoms with Gasteiger partial charge in [0.05, 0.1) is 0 Å². The molecule has 3 aromatic rings. The van der Waals surface area contributed by atoms with E-state index >= 15 is 0 Å². The van der Waals surface area contributed by atoms with E-state index in [0.29, 0.717) is 10.7 Å². The lowest BCUT2D eigenvalue weighted by Gasteiger charge is -2.20. The highest BCUT2D eigenvalue weighted by Crippen LogP contribution is 2.26. The van der Waals surface area contributed by atoms with Crippen molar-refractivity contribution in [3.05, 3.63) is 101 Å². The molecule has 1 atom stereocenters. The minimum Gasteiger partial charge on any atom is -0.452 e. The molecule has 0 saturated heterocycles. The van der Waals surface area contributed by atoms with Crippen molar-refractivity contribution in [2.75, 3.05) is 5.32 Å². The third kappa shape index (κ3) is 4.99. The van der Waals surface area contributed by atoms with Crippen LogP contribution in [-0.4, -0.2) is 18.0 Å². The summed E-state index contributed by atoms with van der Waals surface area (Å²) < 4.78 is 5.50. The molecule has 1 amide bonds. The average Bonchev–Trinajstić information content (AvgIpc) is 2.70. The van der Waals surface area contributed by atoms with E-state index in [0.717, 1.165) is 11.1 Å². The first kappa shape index (κ1) is 19.6. The Balaban J connectivity index is 1.75. The highest BCUT2D eigenvalue weighted by Gasteiger charge is 2.27. The van der Waals surface area contributed by atoms with Gasteiger partial charge in [0.25, 0.3) is 5.91 Å². The van der Waals surface area contributed by atoms with E-state index in [-0.39, 0.29) is 0 Å². The first-order valence-corrected chi connectivity index (χ1v) is 9.29. The Labute approximate surface area is 169 Å². The minimum absolute atomic E-state index is 0.421. The van der Waals surface area contributed by atoms with Gasteiger partial charge in [-0.1, -0.05) is 78.3 Å². The van der Waals surface area contributed by atoms with Crippen molar-refractivity contribution >= 4 is 29.2 Å². The monoisotopic (exact) mass is 393 g/mol. The molecule has 0 heterocycles. The van der Waals surface area contributed by atoms with Crippen molar-refractivity contribution in [1.82, 2.24) is 0 Å². The number of carbonyl (C=O) groups is 2. The highest BCUT2D eigenvalue weighted by atomic mass is 35.5. The van der Waals surface area contributed by atoms with Crippen molar-refractivity contribution in [2.45, 2.75) is 18.9 Å². The second-order valence-electron chi connectivity index (χ2n) is 6.33. The van der Waals surface area contributed by atoms with Gasteiger partial charge in [-0.05, 0) is 36.2 Å². The van der Waals surface area contributed by atoms with Gasteiger partial charge in [-0.2, -0.15) is 0 Å². The Kier molecular flexibility index (Phi) is 6.45. The van der Waals surface area contributed by atoms with E-state index in [1.165, 1.54) is 0 Å². The van der Waals surface area contributed by atoms with E-state index in [4.69, 9.17) is 16.3 Å². The maximum atomic E-state index is 12.9. The predicted molar refractivity (Wildman–Crippen MR) is 110 cm³/mol. The van der Waals surface area contributed by atoms with E-state index in [9.17, 15) is 9.59 Å². The number of esters is 1. The standard InChI is InChI=1S/C23H20ClNO3/c1-16(22(26)25-20-14-8-13-19(24)15-20)28-23(27)21(17-9-4-2-5-10-17)18-11-6-3-7-12-18/h2-16,21H,1H3,(H,25,26)/t16-/m1/s1. The Morgan fingerprint density at radius 2 is 1.43 bits per heavy atom. The van der Waals surface area contributed by atoms with Gasteiger partial charge in [0.2, 0.25) is 0 Å². The van der Waals surface area contributed by atoms with Crippen LogP contribution in [0.25, 0.3) is 0 Å². The second kappa shape index (κ2) is 9.20. The third-order valence-corrected chi connectivity index (χ3v) is 4.49. The van der Waals surface area contributed by atoms with Crippen LogP contribution in [0.15, 0.2) is 84.9 Å². The summed E-state index contributed by atoms with van der Waals surface area (Å²) in [5.41, 5.74) is 2.16. The Morgan fingerprint density at radius 3 is 1.96 bits per heavy atom. The number of halogens is 1. The molecule has 0 unspecified atom stereocenters. The van der Waals surface area contributed by atoms with Crippen molar-refractivity contribution in [1.29, 1.82) is 0 Å². The molecule has 3 rings (SSSR count). The lowest BCUT2D eigenvalue weighted by Crippen LogP contribution is -2.32. The third-order valence-electron chi connectivity index (χ3n) is 4.26. The van der Waals surface area contributed by atoms with Gasteiger partial charge in [-0.15, -0.1) is 0 Å². The summed E-state index contributed by atoms with van der Waals surface area (Å²) in [4.78, 5) is 25.4. The molecule has 0 fully saturated rings. The van der Waals surface area contributed by atoms with Crippen LogP contribution >= 0.6 is 11.6 Å². The van der Waals surface area contributed by atoms with Gasteiger partial charge in [-0.25, -0.2) is 0 Å². The minimum atomic E-state index is -0.957. The molecule has 0 saturated carbocycles. The molecule has 0 radical (unpaired) electrons. The fourth-order valence-corrected chi connectivity index (χ4v) is 3.05. The summed E-state index contributed by atoms with van der Waals surface area (Å²) in [5, 5.41) is 3.22. The normalized spacial score (nSPS) is 11.7. The summed E-state index contributed by atoms with van der Waals surface area (Å²) in [5.74, 6) is -1.51. The molecule has 0 aliphatic carbocycles. The zero-order valence-electron chi connectivity index (χ0n) is 15.3. The highest BCUT2D eigenvalue weighted by molar-refractivity contribution is 6.30. The quantitative estimate of drug-likeness (QED) is 0.597. The number of hydrogen-bond acceptors (Lipinski definition) is 3. The van der Waals surface area contributed by atoms with E-state index in [1.807, 2.05) is 60.7 Å². The Morgan fingerprint density at radius 1 is 0.857 bits per heavy atom. The summed E-state index contributed by atoms with van der Waals surface area (Å²) in [6.07, 6.45) is -0.957. The van der Waals surface area contributed by atoms with Crippen LogP contribution in [0.5, 0.6) is 0 Å². The molecule has 5 heteroatoms. The summed E-state index contributed by atoms with van der Waals surface area (Å²) in [6.45, 7) is 1.55. The van der Waals surface area contributed by atoms with Crippen LogP contribution in [0.3, 0.4) is 0 Å². The van der Waals surface area contributed by atoms with Crippen LogP contribution in [0.1, 0.15) is 24.0 Å². The molecule has 142 valence electrons. The number of amides is 1. The number of rotatable bonds is 6. The van der Waals surface area contributed by atoms with Crippen molar-refractivity contribution in [3.8, 4) is 0 Å². The number of hydrogen-bond donors (Lipinski definition) is 1. The molecule has 0 aromatic heterocycles. The largest absolute Gasteiger partial charge is 0.452 e. The smallest absolute Gasteiger partial charge is 0.318 e. The zero-order valence-corrected chi connectivity index (χ0v) is 16.1. The number of anilines is 1. The predicted octanol–water partition coefficient (Wildman–Crippen LogP) is 5.04. The molecule has 1 N–H and O–H groups in total. The first-order chi connectivity index (χ1) is 13.5. The SMILES string of the molecule is C[C@@H](OC(=O)C(c1ccccc1)c1ccccc1)C(=O)Nc1cccc(Cl)c1. The molecule has 4 nitrogen and oxygen atoms in total.